The van der Waals surface area contributed by atoms with Crippen molar-refractivity contribution in [3.8, 4) is 17.2 Å². The van der Waals surface area contributed by atoms with Crippen molar-refractivity contribution >= 4 is 15.7 Å². The maximum atomic E-state index is 12.7. The molecule has 0 bridgehead atoms. The predicted octanol–water partition coefficient (Wildman–Crippen LogP) is 4.74. The van der Waals surface area contributed by atoms with Crippen LogP contribution in [0.25, 0.3) is 0 Å². The molecule has 1 N–H and O–H groups in total. The van der Waals surface area contributed by atoms with Crippen molar-refractivity contribution < 1.29 is 22.6 Å². The number of sulfonamides is 1. The van der Waals surface area contributed by atoms with E-state index in [1.54, 1.807) is 50.6 Å². The molecule has 1 aliphatic rings. The number of nitrogens with one attached hydrogen (secondary N) is 1. The molecule has 156 valence electrons. The molecule has 3 aromatic carbocycles. The van der Waals surface area contributed by atoms with Gasteiger partial charge in [0.25, 0.3) is 10.0 Å². The molecule has 0 radical (unpaired) electrons. The van der Waals surface area contributed by atoms with Gasteiger partial charge in [-0.15, -0.1) is 0 Å². The normalized spacial score (nSPS) is 17.7. The monoisotopic (exact) mass is 425 g/mol. The van der Waals surface area contributed by atoms with Crippen molar-refractivity contribution in [3.05, 3.63) is 77.9 Å². The highest BCUT2D eigenvalue weighted by molar-refractivity contribution is 7.92. The molecule has 4 rings (SSSR count). The van der Waals surface area contributed by atoms with Gasteiger partial charge in [-0.3, -0.25) is 4.72 Å². The molecule has 30 heavy (non-hydrogen) atoms. The maximum Gasteiger partial charge on any atom is 0.261 e. The molecule has 2 unspecified atom stereocenters. The van der Waals surface area contributed by atoms with Gasteiger partial charge in [0, 0.05) is 17.5 Å². The fourth-order valence-corrected chi connectivity index (χ4v) is 4.72. The van der Waals surface area contributed by atoms with E-state index in [4.69, 9.17) is 14.2 Å². The first-order chi connectivity index (χ1) is 14.4. The second-order valence-electron chi connectivity index (χ2n) is 7.12. The van der Waals surface area contributed by atoms with Gasteiger partial charge in [-0.1, -0.05) is 37.3 Å². The highest BCUT2D eigenvalue weighted by Crippen LogP contribution is 2.51. The zero-order valence-corrected chi connectivity index (χ0v) is 17.8. The minimum atomic E-state index is -3.71. The van der Waals surface area contributed by atoms with Gasteiger partial charge in [-0.25, -0.2) is 8.42 Å². The largest absolute Gasteiger partial charge is 0.497 e. The zero-order chi connectivity index (χ0) is 21.3. The van der Waals surface area contributed by atoms with Crippen LogP contribution in [-0.4, -0.2) is 22.6 Å². The quantitative estimate of drug-likeness (QED) is 0.617. The molecule has 7 heteroatoms. The third kappa shape index (κ3) is 3.68. The number of methoxy groups -OCH3 is 2. The number of benzene rings is 3. The minimum absolute atomic E-state index is 0.00322. The molecule has 0 aliphatic carbocycles. The summed E-state index contributed by atoms with van der Waals surface area (Å²) in [4.78, 5) is 0.199. The molecule has 2 atom stereocenters. The second-order valence-corrected chi connectivity index (χ2v) is 8.80. The summed E-state index contributed by atoms with van der Waals surface area (Å²) in [5, 5.41) is 0. The lowest BCUT2D eigenvalue weighted by Crippen LogP contribution is -2.13. The molecule has 1 aliphatic heterocycles. The lowest BCUT2D eigenvalue weighted by Gasteiger charge is -2.16. The third-order valence-corrected chi connectivity index (χ3v) is 6.64. The number of fused-ring (bicyclic) bond motifs is 1. The highest BCUT2D eigenvalue weighted by atomic mass is 32.2. The Balaban J connectivity index is 1.67. The lowest BCUT2D eigenvalue weighted by molar-refractivity contribution is 0.208. The molecule has 1 heterocycles. The van der Waals surface area contributed by atoms with Crippen LogP contribution < -0.4 is 18.9 Å². The predicted molar refractivity (Wildman–Crippen MR) is 115 cm³/mol. The molecule has 0 amide bonds. The van der Waals surface area contributed by atoms with E-state index in [1.165, 1.54) is 0 Å². The van der Waals surface area contributed by atoms with Gasteiger partial charge < -0.3 is 14.2 Å². The van der Waals surface area contributed by atoms with Crippen molar-refractivity contribution in [2.45, 2.75) is 23.8 Å². The first-order valence-corrected chi connectivity index (χ1v) is 11.0. The van der Waals surface area contributed by atoms with Crippen molar-refractivity contribution in [1.82, 2.24) is 0 Å². The van der Waals surface area contributed by atoms with Crippen LogP contribution >= 0.6 is 0 Å². The van der Waals surface area contributed by atoms with E-state index in [-0.39, 0.29) is 16.9 Å². The van der Waals surface area contributed by atoms with E-state index in [0.29, 0.717) is 17.2 Å². The fourth-order valence-electron chi connectivity index (χ4n) is 3.65. The van der Waals surface area contributed by atoms with Gasteiger partial charge in [-0.2, -0.15) is 0 Å². The molecule has 0 saturated heterocycles. The fraction of sp³-hybridized carbons (Fsp3) is 0.217. The van der Waals surface area contributed by atoms with Gasteiger partial charge in [0.15, 0.2) is 11.5 Å². The minimum Gasteiger partial charge on any atom is -0.497 e. The van der Waals surface area contributed by atoms with Crippen LogP contribution in [0.4, 0.5) is 5.69 Å². The van der Waals surface area contributed by atoms with Gasteiger partial charge >= 0.3 is 0 Å². The van der Waals surface area contributed by atoms with Crippen LogP contribution in [0.2, 0.25) is 0 Å². The van der Waals surface area contributed by atoms with Crippen LogP contribution in [0.3, 0.4) is 0 Å². The van der Waals surface area contributed by atoms with Crippen LogP contribution in [0.5, 0.6) is 17.2 Å². The molecule has 0 fully saturated rings. The number of ether oxygens (including phenoxy) is 3. The van der Waals surface area contributed by atoms with E-state index in [0.717, 1.165) is 16.9 Å². The topological polar surface area (TPSA) is 73.9 Å². The van der Waals surface area contributed by atoms with Gasteiger partial charge in [0.2, 0.25) is 0 Å². The van der Waals surface area contributed by atoms with Crippen molar-refractivity contribution in [1.29, 1.82) is 0 Å². The summed E-state index contributed by atoms with van der Waals surface area (Å²) in [5.74, 6) is 1.90. The van der Waals surface area contributed by atoms with Crippen LogP contribution in [-0.2, 0) is 10.0 Å². The first kappa shape index (κ1) is 20.1. The average Bonchev–Trinajstić information content (AvgIpc) is 3.10. The summed E-state index contributed by atoms with van der Waals surface area (Å²) >= 11 is 0. The Bertz CT molecular complexity index is 1140. The summed E-state index contributed by atoms with van der Waals surface area (Å²) in [6.45, 7) is 2.05. The van der Waals surface area contributed by atoms with E-state index in [1.807, 2.05) is 30.3 Å². The number of hydrogen-bond donors (Lipinski definition) is 1. The Kier molecular flexibility index (Phi) is 5.30. The summed E-state index contributed by atoms with van der Waals surface area (Å²) in [5.41, 5.74) is 2.33. The second kappa shape index (κ2) is 7.91. The van der Waals surface area contributed by atoms with E-state index in [9.17, 15) is 8.42 Å². The third-order valence-electron chi connectivity index (χ3n) is 5.24. The van der Waals surface area contributed by atoms with Crippen molar-refractivity contribution in [2.24, 2.45) is 0 Å². The summed E-state index contributed by atoms with van der Waals surface area (Å²) in [6, 6.07) is 19.4. The first-order valence-electron chi connectivity index (χ1n) is 9.53. The van der Waals surface area contributed by atoms with Crippen LogP contribution in [0.15, 0.2) is 71.6 Å². The summed E-state index contributed by atoms with van der Waals surface area (Å²) < 4.78 is 45.1. The number of anilines is 1. The Hall–Kier alpha value is -3.19. The Labute approximate surface area is 176 Å². The number of rotatable bonds is 6. The van der Waals surface area contributed by atoms with Gasteiger partial charge in [0.1, 0.15) is 11.9 Å². The lowest BCUT2D eigenvalue weighted by atomic mass is 9.92. The number of hydrogen-bond acceptors (Lipinski definition) is 5. The van der Waals surface area contributed by atoms with Crippen LogP contribution in [0.1, 0.15) is 30.1 Å². The highest BCUT2D eigenvalue weighted by Gasteiger charge is 2.35. The maximum absolute atomic E-state index is 12.7. The molecule has 3 aromatic rings. The zero-order valence-electron chi connectivity index (χ0n) is 17.0. The molecule has 0 saturated carbocycles. The molecule has 0 aromatic heterocycles. The van der Waals surface area contributed by atoms with Crippen molar-refractivity contribution in [2.75, 3.05) is 18.9 Å². The van der Waals surface area contributed by atoms with E-state index in [2.05, 4.69) is 11.6 Å². The molecule has 6 nitrogen and oxygen atoms in total. The molecule has 0 spiro atoms. The SMILES string of the molecule is COc1ccc(C2Oc3c(OC)cc(NS(=O)(=O)c4ccccc4)cc3C2C)cc1. The van der Waals surface area contributed by atoms with Crippen molar-refractivity contribution in [3.63, 3.8) is 0 Å². The smallest absolute Gasteiger partial charge is 0.261 e. The van der Waals surface area contributed by atoms with E-state index < -0.39 is 10.0 Å². The summed E-state index contributed by atoms with van der Waals surface area (Å²) in [7, 11) is -0.538. The Morgan fingerprint density at radius 3 is 2.27 bits per heavy atom. The Morgan fingerprint density at radius 1 is 0.933 bits per heavy atom. The van der Waals surface area contributed by atoms with Gasteiger partial charge in [-0.05, 0) is 35.9 Å². The average molecular weight is 426 g/mol. The van der Waals surface area contributed by atoms with Crippen LogP contribution in [0, 0.1) is 0 Å². The summed E-state index contributed by atoms with van der Waals surface area (Å²) in [6.07, 6.45) is -0.208. The van der Waals surface area contributed by atoms with E-state index >= 15 is 0 Å². The standard InChI is InChI=1S/C23H23NO5S/c1-15-20-13-17(24-30(25,26)19-7-5-4-6-8-19)14-21(28-3)23(20)29-22(15)16-9-11-18(27-2)12-10-16/h4-15,22,24H,1-3H3. The Morgan fingerprint density at radius 2 is 1.63 bits per heavy atom. The molecular weight excluding hydrogens is 402 g/mol. The van der Waals surface area contributed by atoms with Gasteiger partial charge in [0.05, 0.1) is 24.8 Å². The molecular formula is C23H23NO5S.